The second-order valence-corrected chi connectivity index (χ2v) is 5.42. The molecule has 2 aromatic rings. The monoisotopic (exact) mass is 340 g/mol. The van der Waals surface area contributed by atoms with E-state index in [0.717, 1.165) is 36.5 Å². The molecule has 0 aliphatic carbocycles. The van der Waals surface area contributed by atoms with E-state index in [-0.39, 0.29) is 24.8 Å². The van der Waals surface area contributed by atoms with E-state index < -0.39 is 0 Å². The normalized spacial score (nSPS) is 14.4. The van der Waals surface area contributed by atoms with Crippen molar-refractivity contribution in [2.45, 2.75) is 19.5 Å². The molecule has 7 heteroatoms. The fourth-order valence-corrected chi connectivity index (χ4v) is 2.68. The summed E-state index contributed by atoms with van der Waals surface area (Å²) in [7, 11) is 0. The second kappa shape index (κ2) is 7.57. The van der Waals surface area contributed by atoms with Crippen molar-refractivity contribution in [2.75, 3.05) is 18.0 Å². The zero-order chi connectivity index (χ0) is 15.5. The van der Waals surface area contributed by atoms with Crippen LogP contribution >= 0.6 is 12.4 Å². The molecule has 0 saturated carbocycles. The van der Waals surface area contributed by atoms with E-state index in [1.807, 2.05) is 6.20 Å². The number of hydrogen-bond donors (Lipinski definition) is 1. The first-order chi connectivity index (χ1) is 10.7. The predicted molar refractivity (Wildman–Crippen MR) is 88.9 cm³/mol. The summed E-state index contributed by atoms with van der Waals surface area (Å²) < 4.78 is 27.4. The second-order valence-electron chi connectivity index (χ2n) is 5.42. The average Bonchev–Trinajstić information content (AvgIpc) is 2.94. The highest BCUT2D eigenvalue weighted by Crippen LogP contribution is 2.24. The summed E-state index contributed by atoms with van der Waals surface area (Å²) in [4.78, 5) is 2.18. The Morgan fingerprint density at radius 2 is 2.04 bits per heavy atom. The summed E-state index contributed by atoms with van der Waals surface area (Å²) in [5.41, 5.74) is 9.13. The first-order valence-electron chi connectivity index (χ1n) is 7.23. The number of nitrogens with two attached hydrogens (primary N) is 1. The van der Waals surface area contributed by atoms with E-state index >= 15 is 0 Å². The van der Waals surface area contributed by atoms with Crippen molar-refractivity contribution >= 4 is 18.1 Å². The maximum Gasteiger partial charge on any atom is 0.123 e. The lowest BCUT2D eigenvalue weighted by Gasteiger charge is -2.28. The van der Waals surface area contributed by atoms with Crippen molar-refractivity contribution in [2.24, 2.45) is 5.73 Å². The van der Waals surface area contributed by atoms with E-state index in [1.165, 1.54) is 12.1 Å². The van der Waals surface area contributed by atoms with Crippen LogP contribution in [0.15, 0.2) is 42.4 Å². The Balaban J connectivity index is 0.00000192. The average molecular weight is 341 g/mol. The van der Waals surface area contributed by atoms with Gasteiger partial charge in [0.25, 0.3) is 0 Å². The first-order valence-corrected chi connectivity index (χ1v) is 7.23. The predicted octanol–water partition coefficient (Wildman–Crippen LogP) is 2.82. The number of nitrogens with zero attached hydrogens (tertiary/aromatic N) is 3. The van der Waals surface area contributed by atoms with Gasteiger partial charge in [0.2, 0.25) is 0 Å². The van der Waals surface area contributed by atoms with Gasteiger partial charge in [-0.15, -0.1) is 12.4 Å². The standard InChI is InChI=1S/C16H18F2N4.ClH/c17-7-12(8-19)9-22-11-13-10-21(6-5-16(13)20-22)15-3-1-14(18)2-4-15;/h1-4,7,11H,5-6,8-10,19H2;1H. The van der Waals surface area contributed by atoms with Crippen LogP contribution in [-0.2, 0) is 19.5 Å². The molecule has 2 heterocycles. The molecule has 124 valence electrons. The molecule has 4 nitrogen and oxygen atoms in total. The van der Waals surface area contributed by atoms with Crippen LogP contribution in [0.25, 0.3) is 0 Å². The summed E-state index contributed by atoms with van der Waals surface area (Å²) in [6, 6.07) is 6.49. The van der Waals surface area contributed by atoms with Crippen LogP contribution in [0.2, 0.25) is 0 Å². The number of anilines is 1. The van der Waals surface area contributed by atoms with Crippen molar-refractivity contribution in [1.29, 1.82) is 0 Å². The fourth-order valence-electron chi connectivity index (χ4n) is 2.68. The summed E-state index contributed by atoms with van der Waals surface area (Å²) in [5, 5.41) is 4.50. The first kappa shape index (κ1) is 17.4. The zero-order valence-electron chi connectivity index (χ0n) is 12.6. The maximum absolute atomic E-state index is 13.0. The Bertz CT molecular complexity index is 682. The van der Waals surface area contributed by atoms with Gasteiger partial charge in [-0.3, -0.25) is 4.68 Å². The quantitative estimate of drug-likeness (QED) is 0.931. The molecule has 1 aromatic heterocycles. The summed E-state index contributed by atoms with van der Waals surface area (Å²) in [6.45, 7) is 2.11. The fraction of sp³-hybridized carbons (Fsp3) is 0.312. The molecule has 23 heavy (non-hydrogen) atoms. The van der Waals surface area contributed by atoms with Crippen LogP contribution in [0.3, 0.4) is 0 Å². The molecule has 2 N–H and O–H groups in total. The highest BCUT2D eigenvalue weighted by molar-refractivity contribution is 5.85. The highest BCUT2D eigenvalue weighted by Gasteiger charge is 2.20. The minimum atomic E-state index is -0.235. The molecule has 0 spiro atoms. The van der Waals surface area contributed by atoms with E-state index in [1.54, 1.807) is 16.8 Å². The van der Waals surface area contributed by atoms with Crippen molar-refractivity contribution in [3.63, 3.8) is 0 Å². The Morgan fingerprint density at radius 1 is 1.30 bits per heavy atom. The lowest BCUT2D eigenvalue weighted by molar-refractivity contribution is 0.622. The van der Waals surface area contributed by atoms with Gasteiger partial charge in [0.05, 0.1) is 18.6 Å². The van der Waals surface area contributed by atoms with Crippen molar-refractivity contribution in [3.8, 4) is 0 Å². The van der Waals surface area contributed by atoms with E-state index in [4.69, 9.17) is 5.73 Å². The van der Waals surface area contributed by atoms with Gasteiger partial charge in [0.15, 0.2) is 0 Å². The molecule has 0 saturated heterocycles. The molecule has 1 aliphatic rings. The molecule has 0 atom stereocenters. The van der Waals surface area contributed by atoms with Gasteiger partial charge in [-0.2, -0.15) is 5.10 Å². The molecule has 0 fully saturated rings. The van der Waals surface area contributed by atoms with E-state index in [2.05, 4.69) is 10.00 Å². The highest BCUT2D eigenvalue weighted by atomic mass is 35.5. The Labute approximate surface area is 140 Å². The van der Waals surface area contributed by atoms with Crippen LogP contribution in [-0.4, -0.2) is 22.9 Å². The zero-order valence-corrected chi connectivity index (χ0v) is 13.4. The summed E-state index contributed by atoms with van der Waals surface area (Å²) in [5.74, 6) is -0.235. The van der Waals surface area contributed by atoms with Crippen LogP contribution in [0.1, 0.15) is 11.3 Å². The lowest BCUT2D eigenvalue weighted by Crippen LogP contribution is -2.29. The number of fused-ring (bicyclic) bond motifs is 1. The molecule has 1 aromatic carbocycles. The number of rotatable bonds is 4. The minimum absolute atomic E-state index is 0. The van der Waals surface area contributed by atoms with Gasteiger partial charge in [0.1, 0.15) is 5.82 Å². The number of benzene rings is 1. The minimum Gasteiger partial charge on any atom is -0.367 e. The van der Waals surface area contributed by atoms with Crippen molar-refractivity contribution < 1.29 is 8.78 Å². The SMILES string of the molecule is Cl.NCC(=CF)Cn1cc2c(n1)CCN(c1ccc(F)cc1)C2. The van der Waals surface area contributed by atoms with E-state index in [0.29, 0.717) is 18.4 Å². The molecule has 1 aliphatic heterocycles. The van der Waals surface area contributed by atoms with Crippen LogP contribution in [0, 0.1) is 5.82 Å². The number of aromatic nitrogens is 2. The Hall–Kier alpha value is -1.92. The topological polar surface area (TPSA) is 47.1 Å². The maximum atomic E-state index is 13.0. The van der Waals surface area contributed by atoms with Gasteiger partial charge >= 0.3 is 0 Å². The Kier molecular flexibility index (Phi) is 5.74. The van der Waals surface area contributed by atoms with Crippen molar-refractivity contribution in [3.05, 3.63) is 59.4 Å². The number of hydrogen-bond acceptors (Lipinski definition) is 3. The largest absolute Gasteiger partial charge is 0.367 e. The van der Waals surface area contributed by atoms with Crippen LogP contribution in [0.4, 0.5) is 14.5 Å². The third kappa shape index (κ3) is 3.89. The Morgan fingerprint density at radius 3 is 2.70 bits per heavy atom. The summed E-state index contributed by atoms with van der Waals surface area (Å²) in [6.07, 6.45) is 3.30. The van der Waals surface area contributed by atoms with Gasteiger partial charge in [0, 0.05) is 43.5 Å². The van der Waals surface area contributed by atoms with Crippen LogP contribution < -0.4 is 10.6 Å². The number of halogens is 3. The molecular formula is C16H19ClF2N4. The third-order valence-electron chi connectivity index (χ3n) is 3.88. The van der Waals surface area contributed by atoms with Gasteiger partial charge in [-0.05, 0) is 29.8 Å². The molecular weight excluding hydrogens is 322 g/mol. The summed E-state index contributed by atoms with van der Waals surface area (Å²) >= 11 is 0. The van der Waals surface area contributed by atoms with E-state index in [9.17, 15) is 8.78 Å². The smallest absolute Gasteiger partial charge is 0.123 e. The van der Waals surface area contributed by atoms with Gasteiger partial charge < -0.3 is 10.6 Å². The molecule has 0 bridgehead atoms. The molecule has 3 rings (SSSR count). The third-order valence-corrected chi connectivity index (χ3v) is 3.88. The lowest BCUT2D eigenvalue weighted by atomic mass is 10.1. The van der Waals surface area contributed by atoms with Crippen molar-refractivity contribution in [1.82, 2.24) is 9.78 Å². The van der Waals surface area contributed by atoms with Gasteiger partial charge in [-0.25, -0.2) is 8.78 Å². The molecule has 0 amide bonds. The molecule has 0 radical (unpaired) electrons. The van der Waals surface area contributed by atoms with Gasteiger partial charge in [-0.1, -0.05) is 0 Å². The molecule has 0 unspecified atom stereocenters. The van der Waals surface area contributed by atoms with Crippen LogP contribution in [0.5, 0.6) is 0 Å².